The van der Waals surface area contributed by atoms with Crippen molar-refractivity contribution in [2.75, 3.05) is 33.7 Å². The average Bonchev–Trinajstić information content (AvgIpc) is 3.29. The Labute approximate surface area is 179 Å². The van der Waals surface area contributed by atoms with Gasteiger partial charge in [0, 0.05) is 50.9 Å². The van der Waals surface area contributed by atoms with Gasteiger partial charge in [-0.05, 0) is 30.5 Å². The standard InChI is InChI=1S/C24H33N5O/c1-25-23(27-18-22(30)29(2)17-13-21-12-6-9-16-26-21)28-19-24(14-7-8-15-24)20-10-4-3-5-11-20/h3-6,9-12,16H,7-8,13-15,17-19H2,1-2H3,(H2,25,27,28). The number of carbonyl (C=O) groups is 1. The maximum absolute atomic E-state index is 12.5. The molecule has 0 radical (unpaired) electrons. The third kappa shape index (κ3) is 5.81. The molecule has 6 nitrogen and oxygen atoms in total. The van der Waals surface area contributed by atoms with Crippen molar-refractivity contribution in [3.05, 3.63) is 66.0 Å². The zero-order valence-corrected chi connectivity index (χ0v) is 18.1. The molecule has 0 saturated heterocycles. The SMILES string of the molecule is CN=C(NCC(=O)N(C)CCc1ccccn1)NCC1(c2ccccc2)CCCC1. The molecule has 0 spiro atoms. The average molecular weight is 408 g/mol. The van der Waals surface area contributed by atoms with Gasteiger partial charge in [-0.15, -0.1) is 0 Å². The van der Waals surface area contributed by atoms with E-state index in [2.05, 4.69) is 50.9 Å². The van der Waals surface area contributed by atoms with Crippen molar-refractivity contribution in [1.82, 2.24) is 20.5 Å². The largest absolute Gasteiger partial charge is 0.356 e. The summed E-state index contributed by atoms with van der Waals surface area (Å²) in [5, 5.41) is 6.63. The van der Waals surface area contributed by atoms with E-state index in [9.17, 15) is 4.79 Å². The Morgan fingerprint density at radius 1 is 1.10 bits per heavy atom. The number of amides is 1. The summed E-state index contributed by atoms with van der Waals surface area (Å²) >= 11 is 0. The molecule has 1 aromatic carbocycles. The third-order valence-corrected chi connectivity index (χ3v) is 6.03. The van der Waals surface area contributed by atoms with Crippen LogP contribution in [0.3, 0.4) is 0 Å². The molecule has 1 aromatic heterocycles. The van der Waals surface area contributed by atoms with E-state index in [1.807, 2.05) is 25.2 Å². The van der Waals surface area contributed by atoms with Crippen LogP contribution in [0.4, 0.5) is 0 Å². The van der Waals surface area contributed by atoms with Gasteiger partial charge in [-0.2, -0.15) is 0 Å². The van der Waals surface area contributed by atoms with E-state index < -0.39 is 0 Å². The summed E-state index contributed by atoms with van der Waals surface area (Å²) in [7, 11) is 3.57. The maximum Gasteiger partial charge on any atom is 0.241 e. The summed E-state index contributed by atoms with van der Waals surface area (Å²) in [6.45, 7) is 1.68. The number of guanidine groups is 1. The Hall–Kier alpha value is -2.89. The maximum atomic E-state index is 12.5. The fraction of sp³-hybridized carbons (Fsp3) is 0.458. The van der Waals surface area contributed by atoms with Crippen LogP contribution in [-0.2, 0) is 16.6 Å². The van der Waals surface area contributed by atoms with E-state index >= 15 is 0 Å². The topological polar surface area (TPSA) is 69.6 Å². The molecule has 1 aliphatic carbocycles. The van der Waals surface area contributed by atoms with Crippen LogP contribution in [0, 0.1) is 0 Å². The molecule has 2 N–H and O–H groups in total. The molecule has 1 saturated carbocycles. The van der Waals surface area contributed by atoms with E-state index in [1.54, 1.807) is 18.1 Å². The number of aliphatic imine (C=N–C) groups is 1. The minimum absolute atomic E-state index is 0.0347. The molecule has 3 rings (SSSR count). The van der Waals surface area contributed by atoms with Crippen molar-refractivity contribution >= 4 is 11.9 Å². The number of benzene rings is 1. The first-order chi connectivity index (χ1) is 14.6. The van der Waals surface area contributed by atoms with E-state index in [-0.39, 0.29) is 17.9 Å². The van der Waals surface area contributed by atoms with Crippen LogP contribution in [0.5, 0.6) is 0 Å². The second kappa shape index (κ2) is 10.8. The summed E-state index contributed by atoms with van der Waals surface area (Å²) in [6, 6.07) is 16.6. The molecular formula is C24H33N5O. The molecule has 6 heteroatoms. The second-order valence-corrected chi connectivity index (χ2v) is 8.02. The van der Waals surface area contributed by atoms with Crippen molar-refractivity contribution in [1.29, 1.82) is 0 Å². The van der Waals surface area contributed by atoms with E-state index in [1.165, 1.54) is 31.2 Å². The van der Waals surface area contributed by atoms with Gasteiger partial charge < -0.3 is 15.5 Å². The lowest BCUT2D eigenvalue weighted by molar-refractivity contribution is -0.128. The van der Waals surface area contributed by atoms with Crippen molar-refractivity contribution < 1.29 is 4.79 Å². The number of pyridine rings is 1. The summed E-state index contributed by atoms with van der Waals surface area (Å²) in [4.78, 5) is 22.8. The first-order valence-electron chi connectivity index (χ1n) is 10.8. The van der Waals surface area contributed by atoms with Crippen LogP contribution in [0.2, 0.25) is 0 Å². The summed E-state index contributed by atoms with van der Waals surface area (Å²) in [5.74, 6) is 0.705. The molecule has 1 amide bonds. The highest BCUT2D eigenvalue weighted by Crippen LogP contribution is 2.40. The van der Waals surface area contributed by atoms with Gasteiger partial charge >= 0.3 is 0 Å². The quantitative estimate of drug-likeness (QED) is 0.522. The highest BCUT2D eigenvalue weighted by Gasteiger charge is 2.35. The number of hydrogen-bond acceptors (Lipinski definition) is 3. The fourth-order valence-electron chi connectivity index (χ4n) is 4.13. The number of likely N-dealkylation sites (N-methyl/N-ethyl adjacent to an activating group) is 1. The molecule has 0 bridgehead atoms. The predicted octanol–water partition coefficient (Wildman–Crippen LogP) is 2.76. The number of aromatic nitrogens is 1. The van der Waals surface area contributed by atoms with Gasteiger partial charge in [0.05, 0.1) is 6.54 Å². The molecule has 160 valence electrons. The number of nitrogens with zero attached hydrogens (tertiary/aromatic N) is 3. The smallest absolute Gasteiger partial charge is 0.241 e. The molecule has 1 fully saturated rings. The minimum atomic E-state index is 0.0347. The van der Waals surface area contributed by atoms with Crippen molar-refractivity contribution in [2.24, 2.45) is 4.99 Å². The number of hydrogen-bond donors (Lipinski definition) is 2. The first kappa shape index (κ1) is 21.8. The number of carbonyl (C=O) groups excluding carboxylic acids is 1. The predicted molar refractivity (Wildman–Crippen MR) is 122 cm³/mol. The van der Waals surface area contributed by atoms with Crippen molar-refractivity contribution in [3.8, 4) is 0 Å². The van der Waals surface area contributed by atoms with Gasteiger partial charge in [-0.25, -0.2) is 0 Å². The Bertz CT molecular complexity index is 816. The lowest BCUT2D eigenvalue weighted by Crippen LogP contribution is -2.47. The summed E-state index contributed by atoms with van der Waals surface area (Å²) in [6.07, 6.45) is 7.38. The third-order valence-electron chi connectivity index (χ3n) is 6.03. The van der Waals surface area contributed by atoms with E-state index in [0.29, 0.717) is 12.5 Å². The Morgan fingerprint density at radius 3 is 2.50 bits per heavy atom. The van der Waals surface area contributed by atoms with Crippen LogP contribution in [0.1, 0.15) is 36.9 Å². The van der Waals surface area contributed by atoms with E-state index in [4.69, 9.17) is 0 Å². The Balaban J connectivity index is 1.47. The lowest BCUT2D eigenvalue weighted by Gasteiger charge is -2.31. The van der Waals surface area contributed by atoms with Crippen LogP contribution in [-0.4, -0.2) is 55.5 Å². The van der Waals surface area contributed by atoms with Gasteiger partial charge in [0.15, 0.2) is 5.96 Å². The highest BCUT2D eigenvalue weighted by molar-refractivity contribution is 5.86. The summed E-state index contributed by atoms with van der Waals surface area (Å²) < 4.78 is 0. The van der Waals surface area contributed by atoms with E-state index in [0.717, 1.165) is 18.7 Å². The molecule has 1 aliphatic rings. The van der Waals surface area contributed by atoms with Gasteiger partial charge in [0.1, 0.15) is 0 Å². The molecule has 30 heavy (non-hydrogen) atoms. The molecular weight excluding hydrogens is 374 g/mol. The number of rotatable bonds is 8. The Morgan fingerprint density at radius 2 is 1.83 bits per heavy atom. The Kier molecular flexibility index (Phi) is 7.82. The van der Waals surface area contributed by atoms with Gasteiger partial charge in [0.2, 0.25) is 5.91 Å². The molecule has 0 unspecified atom stereocenters. The zero-order chi connectivity index (χ0) is 21.2. The van der Waals surface area contributed by atoms with Crippen LogP contribution < -0.4 is 10.6 Å². The van der Waals surface area contributed by atoms with Crippen molar-refractivity contribution in [2.45, 2.75) is 37.5 Å². The second-order valence-electron chi connectivity index (χ2n) is 8.02. The van der Waals surface area contributed by atoms with Crippen LogP contribution in [0.15, 0.2) is 59.7 Å². The highest BCUT2D eigenvalue weighted by atomic mass is 16.2. The molecule has 1 heterocycles. The van der Waals surface area contributed by atoms with Crippen LogP contribution in [0.25, 0.3) is 0 Å². The minimum Gasteiger partial charge on any atom is -0.356 e. The van der Waals surface area contributed by atoms with Crippen molar-refractivity contribution in [3.63, 3.8) is 0 Å². The zero-order valence-electron chi connectivity index (χ0n) is 18.1. The monoisotopic (exact) mass is 407 g/mol. The van der Waals surface area contributed by atoms with Gasteiger partial charge in [0.25, 0.3) is 0 Å². The first-order valence-corrected chi connectivity index (χ1v) is 10.8. The normalized spacial score (nSPS) is 15.6. The lowest BCUT2D eigenvalue weighted by atomic mass is 9.79. The molecule has 2 aromatic rings. The van der Waals surface area contributed by atoms with Crippen LogP contribution >= 0.6 is 0 Å². The van der Waals surface area contributed by atoms with Gasteiger partial charge in [-0.3, -0.25) is 14.8 Å². The summed E-state index contributed by atoms with van der Waals surface area (Å²) in [5.41, 5.74) is 2.52. The molecule has 0 atom stereocenters. The van der Waals surface area contributed by atoms with Gasteiger partial charge in [-0.1, -0.05) is 49.2 Å². The molecule has 0 aliphatic heterocycles. The fourth-order valence-corrected chi connectivity index (χ4v) is 4.13. The number of nitrogens with one attached hydrogen (secondary N) is 2.